The number of carbonyl (C=O) groups is 2. The number of hydrogen-bond acceptors (Lipinski definition) is 3. The van der Waals surface area contributed by atoms with Crippen LogP contribution in [-0.4, -0.2) is 60.3 Å². The summed E-state index contributed by atoms with van der Waals surface area (Å²) >= 11 is 0. The quantitative estimate of drug-likeness (QED) is 0.734. The van der Waals surface area contributed by atoms with Crippen molar-refractivity contribution in [1.82, 2.24) is 14.8 Å². The van der Waals surface area contributed by atoms with Crippen molar-refractivity contribution in [2.45, 2.75) is 18.5 Å². The van der Waals surface area contributed by atoms with Gasteiger partial charge in [0, 0.05) is 49.8 Å². The number of para-hydroxylation sites is 1. The lowest BCUT2D eigenvalue weighted by Crippen LogP contribution is -2.62. The lowest BCUT2D eigenvalue weighted by atomic mass is 9.86. The summed E-state index contributed by atoms with van der Waals surface area (Å²) in [5, 5.41) is 1.13. The van der Waals surface area contributed by atoms with Crippen molar-refractivity contribution >= 4 is 28.4 Å². The van der Waals surface area contributed by atoms with Crippen LogP contribution in [0.1, 0.15) is 22.9 Å². The highest BCUT2D eigenvalue weighted by Gasteiger charge is 2.47. The van der Waals surface area contributed by atoms with Crippen LogP contribution in [0.2, 0.25) is 0 Å². The second kappa shape index (κ2) is 6.37. The highest BCUT2D eigenvalue weighted by molar-refractivity contribution is 5.97. The number of amides is 2. The van der Waals surface area contributed by atoms with Crippen molar-refractivity contribution in [2.75, 3.05) is 32.6 Å². The molecule has 1 saturated heterocycles. The molecule has 1 N–H and O–H groups in total. The Hall–Kier alpha value is -3.28. The number of nitrogens with zero attached hydrogens (tertiary/aromatic N) is 3. The van der Waals surface area contributed by atoms with Crippen LogP contribution < -0.4 is 4.90 Å². The van der Waals surface area contributed by atoms with Crippen molar-refractivity contribution < 1.29 is 9.59 Å². The molecule has 0 spiro atoms. The van der Waals surface area contributed by atoms with E-state index in [-0.39, 0.29) is 24.4 Å². The van der Waals surface area contributed by atoms with Crippen LogP contribution in [0.25, 0.3) is 10.9 Å². The normalized spacial score (nSPS) is 21.3. The number of anilines is 1. The summed E-state index contributed by atoms with van der Waals surface area (Å²) in [5.41, 5.74) is 5.31. The van der Waals surface area contributed by atoms with Crippen molar-refractivity contribution in [2.24, 2.45) is 0 Å². The van der Waals surface area contributed by atoms with E-state index in [0.29, 0.717) is 6.42 Å². The third-order valence-corrected chi connectivity index (χ3v) is 6.18. The molecule has 0 unspecified atom stereocenters. The maximum absolute atomic E-state index is 13.1. The minimum Gasteiger partial charge on any atom is -0.378 e. The van der Waals surface area contributed by atoms with E-state index in [0.717, 1.165) is 33.4 Å². The molecule has 2 amide bonds. The smallest absolute Gasteiger partial charge is 0.245 e. The second-order valence-corrected chi connectivity index (χ2v) is 8.17. The molecule has 1 fully saturated rings. The van der Waals surface area contributed by atoms with Gasteiger partial charge in [-0.2, -0.15) is 0 Å². The number of rotatable bonds is 2. The lowest BCUT2D eigenvalue weighted by Gasteiger charge is -2.46. The molecular formula is C23H24N4O2. The number of carbonyl (C=O) groups excluding carboxylic acids is 2. The Bertz CT molecular complexity index is 1120. The first-order valence-electron chi connectivity index (χ1n) is 9.88. The Morgan fingerprint density at radius 3 is 2.48 bits per heavy atom. The summed E-state index contributed by atoms with van der Waals surface area (Å²) in [7, 11) is 5.72. The molecule has 148 valence electrons. The molecule has 0 aliphatic carbocycles. The average Bonchev–Trinajstić information content (AvgIpc) is 3.09. The van der Waals surface area contributed by atoms with Crippen molar-refractivity contribution in [1.29, 1.82) is 0 Å². The Kier molecular flexibility index (Phi) is 3.91. The summed E-state index contributed by atoms with van der Waals surface area (Å²) in [4.78, 5) is 35.0. The van der Waals surface area contributed by atoms with Gasteiger partial charge in [0.2, 0.25) is 11.8 Å². The molecule has 3 heterocycles. The van der Waals surface area contributed by atoms with Gasteiger partial charge < -0.3 is 19.7 Å². The van der Waals surface area contributed by atoms with Crippen LogP contribution in [0.4, 0.5) is 5.69 Å². The predicted octanol–water partition coefficient (Wildman–Crippen LogP) is 2.55. The number of likely N-dealkylation sites (N-methyl/N-ethyl adjacent to an activating group) is 1. The third-order valence-electron chi connectivity index (χ3n) is 6.18. The number of aromatic nitrogens is 1. The molecule has 0 bridgehead atoms. The molecule has 2 atom stereocenters. The zero-order chi connectivity index (χ0) is 20.3. The van der Waals surface area contributed by atoms with Gasteiger partial charge in [-0.15, -0.1) is 0 Å². The topological polar surface area (TPSA) is 59.7 Å². The fourth-order valence-electron chi connectivity index (χ4n) is 4.71. The zero-order valence-electron chi connectivity index (χ0n) is 16.8. The van der Waals surface area contributed by atoms with Gasteiger partial charge in [-0.3, -0.25) is 9.59 Å². The minimum atomic E-state index is -0.466. The summed E-state index contributed by atoms with van der Waals surface area (Å²) < 4.78 is 0. The highest BCUT2D eigenvalue weighted by Crippen LogP contribution is 2.42. The Balaban J connectivity index is 1.72. The van der Waals surface area contributed by atoms with Gasteiger partial charge in [0.1, 0.15) is 6.04 Å². The van der Waals surface area contributed by atoms with E-state index >= 15 is 0 Å². The number of H-pyrrole nitrogens is 1. The van der Waals surface area contributed by atoms with Gasteiger partial charge in [0.25, 0.3) is 0 Å². The standard InChI is InChI=1S/C23H24N4O2/c1-25(2)15-10-8-14(9-11-15)22-21-17(16-6-4-5-7-18(16)24-21)12-19-23(29)26(3)13-20(28)27(19)22/h4-11,19,22,24H,12-13H2,1-3H3/t19-,22-/m0/s1. The zero-order valence-corrected chi connectivity index (χ0v) is 16.8. The average molecular weight is 388 g/mol. The number of hydrogen-bond donors (Lipinski definition) is 1. The molecule has 6 heteroatoms. The van der Waals surface area contributed by atoms with Crippen molar-refractivity contribution in [3.63, 3.8) is 0 Å². The Labute approximate surface area is 169 Å². The largest absolute Gasteiger partial charge is 0.378 e. The molecule has 0 saturated carbocycles. The number of nitrogens with one attached hydrogen (secondary N) is 1. The van der Waals surface area contributed by atoms with E-state index in [9.17, 15) is 9.59 Å². The van der Waals surface area contributed by atoms with E-state index in [1.807, 2.05) is 31.1 Å². The first-order chi connectivity index (χ1) is 14.0. The van der Waals surface area contributed by atoms with Gasteiger partial charge >= 0.3 is 0 Å². The monoisotopic (exact) mass is 388 g/mol. The Morgan fingerprint density at radius 2 is 1.76 bits per heavy atom. The SMILES string of the molecule is CN1CC(=O)N2[C@@H](c3ccc(N(C)C)cc3)c3[nH]c4ccccc4c3C[C@H]2C1=O. The number of benzene rings is 2. The molecule has 6 nitrogen and oxygen atoms in total. The molecule has 2 aliphatic heterocycles. The van der Waals surface area contributed by atoms with Crippen LogP contribution in [-0.2, 0) is 16.0 Å². The highest BCUT2D eigenvalue weighted by atomic mass is 16.2. The fourth-order valence-corrected chi connectivity index (χ4v) is 4.71. The van der Waals surface area contributed by atoms with E-state index in [1.54, 1.807) is 16.8 Å². The summed E-state index contributed by atoms with van der Waals surface area (Å²) in [6.07, 6.45) is 0.542. The van der Waals surface area contributed by atoms with Crippen molar-refractivity contribution in [3.8, 4) is 0 Å². The fraction of sp³-hybridized carbons (Fsp3) is 0.304. The summed E-state index contributed by atoms with van der Waals surface area (Å²) in [6.45, 7) is 0.122. The predicted molar refractivity (Wildman–Crippen MR) is 113 cm³/mol. The van der Waals surface area contributed by atoms with Crippen LogP contribution >= 0.6 is 0 Å². The molecule has 29 heavy (non-hydrogen) atoms. The van der Waals surface area contributed by atoms with Crippen LogP contribution in [0.3, 0.4) is 0 Å². The van der Waals surface area contributed by atoms with Gasteiger partial charge in [-0.25, -0.2) is 0 Å². The summed E-state index contributed by atoms with van der Waals surface area (Å²) in [6, 6.07) is 15.6. The second-order valence-electron chi connectivity index (χ2n) is 8.17. The van der Waals surface area contributed by atoms with Gasteiger partial charge in [0.05, 0.1) is 12.6 Å². The number of aromatic amines is 1. The third kappa shape index (κ3) is 2.63. The van der Waals surface area contributed by atoms with E-state index in [4.69, 9.17) is 0 Å². The minimum absolute atomic E-state index is 0.00967. The molecule has 1 aromatic heterocycles. The van der Waals surface area contributed by atoms with Crippen LogP contribution in [0.5, 0.6) is 0 Å². The molecule has 5 rings (SSSR count). The summed E-state index contributed by atoms with van der Waals surface area (Å²) in [5.74, 6) is -0.00136. The molecule has 3 aromatic rings. The maximum Gasteiger partial charge on any atom is 0.245 e. The Morgan fingerprint density at radius 1 is 1.03 bits per heavy atom. The van der Waals surface area contributed by atoms with E-state index in [1.165, 1.54) is 0 Å². The first kappa shape index (κ1) is 17.8. The lowest BCUT2D eigenvalue weighted by molar-refractivity contribution is -0.157. The number of piperazine rings is 1. The van der Waals surface area contributed by atoms with Gasteiger partial charge in [-0.1, -0.05) is 30.3 Å². The van der Waals surface area contributed by atoms with Crippen molar-refractivity contribution in [3.05, 3.63) is 65.4 Å². The van der Waals surface area contributed by atoms with Crippen LogP contribution in [0.15, 0.2) is 48.5 Å². The molecule has 0 radical (unpaired) electrons. The molecule has 2 aromatic carbocycles. The number of fused-ring (bicyclic) bond motifs is 4. The first-order valence-corrected chi connectivity index (χ1v) is 9.88. The van der Waals surface area contributed by atoms with E-state index in [2.05, 4.69) is 41.4 Å². The van der Waals surface area contributed by atoms with E-state index < -0.39 is 6.04 Å². The molecular weight excluding hydrogens is 364 g/mol. The molecule has 2 aliphatic rings. The maximum atomic E-state index is 13.1. The van der Waals surface area contributed by atoms with Crippen LogP contribution in [0, 0.1) is 0 Å². The van der Waals surface area contributed by atoms with Gasteiger partial charge in [0.15, 0.2) is 0 Å². The van der Waals surface area contributed by atoms with Gasteiger partial charge in [-0.05, 0) is 29.3 Å².